The van der Waals surface area contributed by atoms with Gasteiger partial charge in [-0.3, -0.25) is 5.10 Å². The second-order valence-corrected chi connectivity index (χ2v) is 13.8. The lowest BCUT2D eigenvalue weighted by atomic mass is 9.30. The first kappa shape index (κ1) is 24.1. The van der Waals surface area contributed by atoms with E-state index in [0.717, 1.165) is 83.0 Å². The highest BCUT2D eigenvalue weighted by molar-refractivity contribution is 5.76. The summed E-state index contributed by atoms with van der Waals surface area (Å²) in [6, 6.07) is 2.99. The van der Waals surface area contributed by atoms with Crippen LogP contribution in [-0.2, 0) is 18.2 Å². The van der Waals surface area contributed by atoms with Crippen molar-refractivity contribution >= 4 is 6.03 Å². The number of carbonyl (C=O) groups is 1. The Morgan fingerprint density at radius 1 is 1.10 bits per heavy atom. The van der Waals surface area contributed by atoms with Gasteiger partial charge < -0.3 is 14.9 Å². The lowest BCUT2D eigenvalue weighted by Crippen LogP contribution is -2.73. The second kappa shape index (κ2) is 7.33. The van der Waals surface area contributed by atoms with E-state index in [1.54, 1.807) is 0 Å². The zero-order valence-corrected chi connectivity index (χ0v) is 21.5. The zero-order valence-electron chi connectivity index (χ0n) is 21.5. The van der Waals surface area contributed by atoms with E-state index >= 15 is 0 Å². The van der Waals surface area contributed by atoms with Crippen LogP contribution < -0.4 is 0 Å². The first-order chi connectivity index (χ1) is 18.4. The van der Waals surface area contributed by atoms with Crippen LogP contribution in [-0.4, -0.2) is 62.3 Å². The average molecular weight is 546 g/mol. The number of benzene rings is 1. The fourth-order valence-corrected chi connectivity index (χ4v) is 8.54. The Kier molecular flexibility index (Phi) is 4.54. The van der Waals surface area contributed by atoms with Gasteiger partial charge in [-0.25, -0.2) is 14.2 Å². The Hall–Kier alpha value is -2.69. The predicted octanol–water partition coefficient (Wildman–Crippen LogP) is 4.59. The number of aromatic nitrogens is 3. The molecule has 208 valence electrons. The van der Waals surface area contributed by atoms with Crippen molar-refractivity contribution in [2.45, 2.75) is 69.1 Å². The number of likely N-dealkylation sites (tertiary alicyclic amines) is 2. The van der Waals surface area contributed by atoms with Crippen LogP contribution in [0.1, 0.15) is 73.6 Å². The number of rotatable bonds is 5. The van der Waals surface area contributed by atoms with E-state index in [9.17, 15) is 27.5 Å². The molecule has 2 N–H and O–H groups in total. The van der Waals surface area contributed by atoms with Crippen LogP contribution in [0.2, 0.25) is 0 Å². The quantitative estimate of drug-likeness (QED) is 0.539. The summed E-state index contributed by atoms with van der Waals surface area (Å²) in [4.78, 5) is 21.4. The molecule has 39 heavy (non-hydrogen) atoms. The lowest BCUT2D eigenvalue weighted by molar-refractivity contribution is -0.254. The van der Waals surface area contributed by atoms with Crippen molar-refractivity contribution in [3.63, 3.8) is 0 Å². The van der Waals surface area contributed by atoms with Gasteiger partial charge >= 0.3 is 12.2 Å². The number of halogens is 4. The third-order valence-electron chi connectivity index (χ3n) is 10.9. The van der Waals surface area contributed by atoms with Crippen LogP contribution in [0.4, 0.5) is 22.4 Å². The number of hydrogen-bond acceptors (Lipinski definition) is 4. The number of nitrogens with zero attached hydrogens (tertiary/aromatic N) is 4. The number of aliphatic hydroxyl groups is 1. The molecular formula is C28H31F4N5O2. The van der Waals surface area contributed by atoms with Gasteiger partial charge in [0.1, 0.15) is 17.2 Å². The minimum atomic E-state index is -4.54. The molecule has 3 heterocycles. The lowest BCUT2D eigenvalue weighted by Gasteiger charge is -2.76. The molecule has 2 bridgehead atoms. The highest BCUT2D eigenvalue weighted by atomic mass is 19.4. The summed E-state index contributed by atoms with van der Waals surface area (Å²) in [7, 11) is 0. The minimum absolute atomic E-state index is 0.0102. The van der Waals surface area contributed by atoms with Crippen molar-refractivity contribution in [1.82, 2.24) is 25.0 Å². The Morgan fingerprint density at radius 2 is 1.79 bits per heavy atom. The van der Waals surface area contributed by atoms with Crippen molar-refractivity contribution < 1.29 is 27.5 Å². The molecule has 0 unspecified atom stereocenters. The highest BCUT2D eigenvalue weighted by Crippen LogP contribution is 2.78. The molecule has 7 aliphatic rings. The number of amides is 2. The van der Waals surface area contributed by atoms with Crippen LogP contribution in [0, 0.1) is 28.0 Å². The van der Waals surface area contributed by atoms with Gasteiger partial charge in [0.05, 0.1) is 5.56 Å². The molecule has 9 rings (SSSR count). The Balaban J connectivity index is 0.789. The van der Waals surface area contributed by atoms with E-state index in [0.29, 0.717) is 35.7 Å². The fourth-order valence-electron chi connectivity index (χ4n) is 8.54. The van der Waals surface area contributed by atoms with E-state index in [-0.39, 0.29) is 22.3 Å². The predicted molar refractivity (Wildman–Crippen MR) is 130 cm³/mol. The Bertz CT molecular complexity index is 1340. The van der Waals surface area contributed by atoms with Crippen molar-refractivity contribution in [2.75, 3.05) is 26.2 Å². The standard InChI is InChI=1S/C28H31F4N5O2/c29-20-5-18(28(30,31)32)2-1-16(20)6-25-11-26(12-25,13-25)19-9-36(10-19)23(38)37-14-24(15-37)7-17(8-24)21-33-22(35-34-21)27(39)3-4-27/h1-2,5,17,19,39H,3-4,6-15H2,(H,33,34,35). The van der Waals surface area contributed by atoms with E-state index in [4.69, 9.17) is 0 Å². The number of alkyl halides is 3. The summed E-state index contributed by atoms with van der Waals surface area (Å²) in [5.74, 6) is 1.37. The fraction of sp³-hybridized carbons (Fsp3) is 0.679. The summed E-state index contributed by atoms with van der Waals surface area (Å²) < 4.78 is 52.9. The summed E-state index contributed by atoms with van der Waals surface area (Å²) in [5.41, 5.74) is -0.983. The molecule has 7 fully saturated rings. The van der Waals surface area contributed by atoms with Crippen LogP contribution in [0.25, 0.3) is 0 Å². The summed E-state index contributed by atoms with van der Waals surface area (Å²) >= 11 is 0. The molecule has 1 aromatic carbocycles. The van der Waals surface area contributed by atoms with Crippen LogP contribution >= 0.6 is 0 Å². The summed E-state index contributed by atoms with van der Waals surface area (Å²) in [5, 5.41) is 17.4. The average Bonchev–Trinajstić information content (AvgIpc) is 3.29. The summed E-state index contributed by atoms with van der Waals surface area (Å²) in [6.45, 7) is 3.08. The number of H-pyrrole nitrogens is 1. The molecule has 0 atom stereocenters. The third kappa shape index (κ3) is 3.53. The molecule has 2 aromatic rings. The van der Waals surface area contributed by atoms with Gasteiger partial charge in [0.2, 0.25) is 0 Å². The SMILES string of the molecule is O=C(N1CC(C23CC(Cc4ccc(C(F)(F)F)cc4F)(C2)C3)C1)N1CC2(CC(c3nc(C4(O)CC4)n[nH]3)C2)C1. The third-order valence-corrected chi connectivity index (χ3v) is 10.9. The largest absolute Gasteiger partial charge is 0.416 e. The van der Waals surface area contributed by atoms with Crippen molar-refractivity contribution in [3.05, 3.63) is 46.8 Å². The number of carbonyl (C=O) groups excluding carboxylic acids is 1. The van der Waals surface area contributed by atoms with Crippen molar-refractivity contribution in [2.24, 2.45) is 22.2 Å². The topological polar surface area (TPSA) is 85.3 Å². The van der Waals surface area contributed by atoms with E-state index in [1.165, 1.54) is 6.07 Å². The van der Waals surface area contributed by atoms with Gasteiger partial charge in [-0.1, -0.05) is 6.07 Å². The van der Waals surface area contributed by atoms with Gasteiger partial charge in [0, 0.05) is 37.5 Å². The number of hydrogen-bond donors (Lipinski definition) is 2. The van der Waals surface area contributed by atoms with Crippen molar-refractivity contribution in [3.8, 4) is 0 Å². The molecule has 7 nitrogen and oxygen atoms in total. The maximum atomic E-state index is 14.3. The number of aromatic amines is 1. The zero-order chi connectivity index (χ0) is 27.0. The van der Waals surface area contributed by atoms with Gasteiger partial charge in [-0.15, -0.1) is 0 Å². The van der Waals surface area contributed by atoms with Gasteiger partial charge in [0.15, 0.2) is 5.82 Å². The monoisotopic (exact) mass is 545 g/mol. The molecule has 2 amide bonds. The van der Waals surface area contributed by atoms with E-state index < -0.39 is 23.2 Å². The van der Waals surface area contributed by atoms with Gasteiger partial charge in [-0.05, 0) is 85.8 Å². The molecule has 11 heteroatoms. The molecule has 5 saturated carbocycles. The Morgan fingerprint density at radius 3 is 2.41 bits per heavy atom. The normalized spacial score (nSPS) is 32.1. The number of urea groups is 1. The first-order valence-electron chi connectivity index (χ1n) is 13.9. The molecule has 5 aliphatic carbocycles. The molecular weight excluding hydrogens is 514 g/mol. The van der Waals surface area contributed by atoms with Crippen LogP contribution in [0.3, 0.4) is 0 Å². The van der Waals surface area contributed by atoms with Gasteiger partial charge in [-0.2, -0.15) is 18.3 Å². The first-order valence-corrected chi connectivity index (χ1v) is 13.9. The highest BCUT2D eigenvalue weighted by Gasteiger charge is 2.71. The van der Waals surface area contributed by atoms with Crippen molar-refractivity contribution in [1.29, 1.82) is 0 Å². The maximum absolute atomic E-state index is 14.3. The molecule has 0 radical (unpaired) electrons. The van der Waals surface area contributed by atoms with Crippen LogP contribution in [0.15, 0.2) is 18.2 Å². The maximum Gasteiger partial charge on any atom is 0.416 e. The smallest absolute Gasteiger partial charge is 0.382 e. The number of nitrogens with one attached hydrogen (secondary N) is 1. The van der Waals surface area contributed by atoms with Gasteiger partial charge in [0.25, 0.3) is 0 Å². The molecule has 2 aliphatic heterocycles. The minimum Gasteiger partial charge on any atom is -0.382 e. The molecule has 2 saturated heterocycles. The van der Waals surface area contributed by atoms with Crippen LogP contribution in [0.5, 0.6) is 0 Å². The Labute approximate surface area is 223 Å². The van der Waals surface area contributed by atoms with E-state index in [1.807, 2.05) is 9.80 Å². The molecule has 1 spiro atoms. The second-order valence-electron chi connectivity index (χ2n) is 13.8. The summed E-state index contributed by atoms with van der Waals surface area (Å²) in [6.07, 6.45) is 2.28. The molecule has 1 aromatic heterocycles. The van der Waals surface area contributed by atoms with E-state index in [2.05, 4.69) is 15.2 Å².